The smallest absolute Gasteiger partial charge is 0.174 e. The van der Waals surface area contributed by atoms with Crippen molar-refractivity contribution in [2.45, 2.75) is 6.54 Å². The molecule has 6 nitrogen and oxygen atoms in total. The van der Waals surface area contributed by atoms with Gasteiger partial charge in [-0.3, -0.25) is 4.90 Å². The summed E-state index contributed by atoms with van der Waals surface area (Å²) in [5.41, 5.74) is 1.76. The molecule has 0 amide bonds. The number of ether oxygens (including phenoxy) is 1. The lowest BCUT2D eigenvalue weighted by molar-refractivity contribution is 0.0360. The fraction of sp³-hybridized carbons (Fsp3) is 0.273. The molecule has 0 radical (unpaired) electrons. The Kier molecular flexibility index (Phi) is 6.39. The second kappa shape index (κ2) is 9.35. The molecule has 3 aromatic rings. The number of rotatable bonds is 6. The van der Waals surface area contributed by atoms with Crippen LogP contribution < -0.4 is 0 Å². The molecule has 7 heteroatoms. The number of aromatic nitrogens is 3. The molecule has 0 atom stereocenters. The average molecular weight is 455 g/mol. The van der Waals surface area contributed by atoms with Crippen molar-refractivity contribution in [1.82, 2.24) is 19.7 Å². The standard InChI is InChI=1S/C22H23BrN4O2/c23-18-8-5-17(6-9-18)7-10-21-24-22(19-3-1-2-4-20(19)28)27(25-21)12-11-26-13-15-29-16-14-26/h1-10,28H,11-16H2/b10-7+. The van der Waals surface area contributed by atoms with E-state index in [-0.39, 0.29) is 5.75 Å². The maximum Gasteiger partial charge on any atom is 0.174 e. The minimum Gasteiger partial charge on any atom is -0.507 e. The molecule has 0 spiro atoms. The Balaban J connectivity index is 1.59. The van der Waals surface area contributed by atoms with Gasteiger partial charge in [0.05, 0.1) is 25.3 Å². The molecule has 0 unspecified atom stereocenters. The van der Waals surface area contributed by atoms with Gasteiger partial charge < -0.3 is 9.84 Å². The van der Waals surface area contributed by atoms with Crippen LogP contribution in [0.2, 0.25) is 0 Å². The Morgan fingerprint density at radius 2 is 1.76 bits per heavy atom. The molecule has 1 fully saturated rings. The fourth-order valence-electron chi connectivity index (χ4n) is 3.25. The summed E-state index contributed by atoms with van der Waals surface area (Å²) in [6.07, 6.45) is 3.89. The Bertz CT molecular complexity index is 979. The summed E-state index contributed by atoms with van der Waals surface area (Å²) in [7, 11) is 0. The summed E-state index contributed by atoms with van der Waals surface area (Å²) >= 11 is 3.45. The van der Waals surface area contributed by atoms with Gasteiger partial charge in [0.2, 0.25) is 0 Å². The third-order valence-corrected chi connectivity index (χ3v) is 5.39. The van der Waals surface area contributed by atoms with Crippen molar-refractivity contribution < 1.29 is 9.84 Å². The Morgan fingerprint density at radius 3 is 2.52 bits per heavy atom. The van der Waals surface area contributed by atoms with Crippen LogP contribution in [0.25, 0.3) is 23.5 Å². The first kappa shape index (κ1) is 19.8. The number of aromatic hydroxyl groups is 1. The third kappa shape index (κ3) is 5.12. The molecule has 1 aromatic heterocycles. The maximum atomic E-state index is 10.3. The van der Waals surface area contributed by atoms with Gasteiger partial charge in [-0.1, -0.05) is 46.3 Å². The summed E-state index contributed by atoms with van der Waals surface area (Å²) < 4.78 is 8.35. The first-order valence-corrected chi connectivity index (χ1v) is 10.5. The van der Waals surface area contributed by atoms with Crippen LogP contribution in [0.4, 0.5) is 0 Å². The quantitative estimate of drug-likeness (QED) is 0.611. The molecule has 29 heavy (non-hydrogen) atoms. The van der Waals surface area contributed by atoms with E-state index in [0.717, 1.165) is 42.9 Å². The molecule has 1 N–H and O–H groups in total. The summed E-state index contributed by atoms with van der Waals surface area (Å²) in [4.78, 5) is 7.05. The molecule has 0 aliphatic carbocycles. The minimum atomic E-state index is 0.205. The largest absolute Gasteiger partial charge is 0.507 e. The molecule has 150 valence electrons. The molecular formula is C22H23BrN4O2. The highest BCUT2D eigenvalue weighted by Gasteiger charge is 2.16. The first-order valence-electron chi connectivity index (χ1n) is 9.66. The number of para-hydroxylation sites is 1. The predicted molar refractivity (Wildman–Crippen MR) is 117 cm³/mol. The molecule has 2 aromatic carbocycles. The number of nitrogens with zero attached hydrogens (tertiary/aromatic N) is 4. The van der Waals surface area contributed by atoms with Crippen molar-refractivity contribution in [3.63, 3.8) is 0 Å². The van der Waals surface area contributed by atoms with Gasteiger partial charge in [-0.15, -0.1) is 0 Å². The molecule has 2 heterocycles. The lowest BCUT2D eigenvalue weighted by Gasteiger charge is -2.26. The summed E-state index contributed by atoms with van der Waals surface area (Å²) in [5.74, 6) is 1.50. The first-order chi connectivity index (χ1) is 14.2. The Morgan fingerprint density at radius 1 is 1.00 bits per heavy atom. The van der Waals surface area contributed by atoms with Crippen molar-refractivity contribution in [2.24, 2.45) is 0 Å². The number of halogens is 1. The molecular weight excluding hydrogens is 432 g/mol. The van der Waals surface area contributed by atoms with Crippen molar-refractivity contribution in [2.75, 3.05) is 32.8 Å². The second-order valence-corrected chi connectivity index (χ2v) is 7.79. The van der Waals surface area contributed by atoms with E-state index < -0.39 is 0 Å². The van der Waals surface area contributed by atoms with Gasteiger partial charge in [0, 0.05) is 24.1 Å². The lowest BCUT2D eigenvalue weighted by atomic mass is 10.2. The normalized spacial score (nSPS) is 15.2. The zero-order chi connectivity index (χ0) is 20.1. The molecule has 1 saturated heterocycles. The van der Waals surface area contributed by atoms with E-state index in [1.807, 2.05) is 59.3 Å². The fourth-order valence-corrected chi connectivity index (χ4v) is 3.52. The van der Waals surface area contributed by atoms with E-state index in [9.17, 15) is 5.11 Å². The van der Waals surface area contributed by atoms with E-state index in [1.165, 1.54) is 0 Å². The highest BCUT2D eigenvalue weighted by atomic mass is 79.9. The Labute approximate surface area is 178 Å². The second-order valence-electron chi connectivity index (χ2n) is 6.87. The molecule has 0 bridgehead atoms. The van der Waals surface area contributed by atoms with Gasteiger partial charge in [0.1, 0.15) is 5.75 Å². The van der Waals surface area contributed by atoms with Crippen LogP contribution >= 0.6 is 15.9 Å². The van der Waals surface area contributed by atoms with E-state index in [2.05, 4.69) is 25.9 Å². The molecule has 1 aliphatic rings. The van der Waals surface area contributed by atoms with E-state index in [4.69, 9.17) is 9.72 Å². The van der Waals surface area contributed by atoms with Gasteiger partial charge in [0.15, 0.2) is 11.6 Å². The number of phenols is 1. The summed E-state index contributed by atoms with van der Waals surface area (Å²) in [6.45, 7) is 4.95. The van der Waals surface area contributed by atoms with Crippen molar-refractivity contribution in [3.8, 4) is 17.1 Å². The number of benzene rings is 2. The number of phenolic OH excluding ortho intramolecular Hbond substituents is 1. The zero-order valence-electron chi connectivity index (χ0n) is 16.0. The summed E-state index contributed by atoms with van der Waals surface area (Å²) in [6, 6.07) is 15.3. The maximum absolute atomic E-state index is 10.3. The third-order valence-electron chi connectivity index (χ3n) is 4.86. The number of hydrogen-bond donors (Lipinski definition) is 1. The lowest BCUT2D eigenvalue weighted by Crippen LogP contribution is -2.38. The highest BCUT2D eigenvalue weighted by molar-refractivity contribution is 9.10. The minimum absolute atomic E-state index is 0.205. The van der Waals surface area contributed by atoms with Gasteiger partial charge in [-0.2, -0.15) is 5.10 Å². The van der Waals surface area contributed by atoms with Crippen molar-refractivity contribution in [3.05, 3.63) is 64.4 Å². The van der Waals surface area contributed by atoms with Crippen LogP contribution in [0, 0.1) is 0 Å². The SMILES string of the molecule is Oc1ccccc1-c1nc(/C=C/c2ccc(Br)cc2)nn1CCN1CCOCC1. The monoisotopic (exact) mass is 454 g/mol. The topological polar surface area (TPSA) is 63.4 Å². The number of morpholine rings is 1. The van der Waals surface area contributed by atoms with E-state index >= 15 is 0 Å². The van der Waals surface area contributed by atoms with Crippen LogP contribution in [-0.2, 0) is 11.3 Å². The van der Waals surface area contributed by atoms with Crippen LogP contribution in [0.1, 0.15) is 11.4 Å². The highest BCUT2D eigenvalue weighted by Crippen LogP contribution is 2.27. The van der Waals surface area contributed by atoms with Crippen LogP contribution in [0.3, 0.4) is 0 Å². The molecule has 4 rings (SSSR count). The predicted octanol–water partition coefficient (Wildman–Crippen LogP) is 3.92. The van der Waals surface area contributed by atoms with Gasteiger partial charge in [-0.05, 0) is 35.9 Å². The number of hydrogen-bond acceptors (Lipinski definition) is 5. The Hall–Kier alpha value is -2.48. The van der Waals surface area contributed by atoms with Gasteiger partial charge in [0.25, 0.3) is 0 Å². The van der Waals surface area contributed by atoms with Crippen molar-refractivity contribution in [1.29, 1.82) is 0 Å². The summed E-state index contributed by atoms with van der Waals surface area (Å²) in [5, 5.41) is 15.0. The van der Waals surface area contributed by atoms with Gasteiger partial charge in [-0.25, -0.2) is 9.67 Å². The van der Waals surface area contributed by atoms with E-state index in [1.54, 1.807) is 6.07 Å². The van der Waals surface area contributed by atoms with E-state index in [0.29, 0.717) is 23.8 Å². The molecule has 0 saturated carbocycles. The van der Waals surface area contributed by atoms with Crippen LogP contribution in [0.15, 0.2) is 53.0 Å². The van der Waals surface area contributed by atoms with Crippen molar-refractivity contribution >= 4 is 28.1 Å². The zero-order valence-corrected chi connectivity index (χ0v) is 17.6. The van der Waals surface area contributed by atoms with Gasteiger partial charge >= 0.3 is 0 Å². The van der Waals surface area contributed by atoms with Crippen LogP contribution in [-0.4, -0.2) is 57.6 Å². The molecule has 1 aliphatic heterocycles. The average Bonchev–Trinajstić information content (AvgIpc) is 3.16. The van der Waals surface area contributed by atoms with Crippen LogP contribution in [0.5, 0.6) is 5.75 Å².